The van der Waals surface area contributed by atoms with Gasteiger partial charge in [0.2, 0.25) is 0 Å². The summed E-state index contributed by atoms with van der Waals surface area (Å²) in [5.74, 6) is 1.18. The van der Waals surface area contributed by atoms with Crippen molar-refractivity contribution in [3.8, 4) is 0 Å². The number of aryl methyl sites for hydroxylation is 1. The van der Waals surface area contributed by atoms with Crippen LogP contribution in [0.4, 0.5) is 5.82 Å². The summed E-state index contributed by atoms with van der Waals surface area (Å²) < 4.78 is 9.42. The van der Waals surface area contributed by atoms with Crippen LogP contribution >= 0.6 is 0 Å². The van der Waals surface area contributed by atoms with Crippen molar-refractivity contribution in [2.45, 2.75) is 0 Å². The molecule has 0 aromatic carbocycles. The van der Waals surface area contributed by atoms with Gasteiger partial charge in [-0.15, -0.1) is 0 Å². The summed E-state index contributed by atoms with van der Waals surface area (Å²) in [6, 6.07) is 0. The Bertz CT molecular complexity index is 369. The number of anilines is 1. The second kappa shape index (κ2) is 2.23. The average molecular weight is 166 g/mol. The summed E-state index contributed by atoms with van der Waals surface area (Å²) in [6.07, 6.45) is 1.67. The molecule has 1 aliphatic rings. The number of nitrogens with two attached hydrogens (primary N) is 1. The van der Waals surface area contributed by atoms with Gasteiger partial charge in [0.15, 0.2) is 0 Å². The minimum atomic E-state index is -0.664. The van der Waals surface area contributed by atoms with E-state index >= 15 is 0 Å². The molecule has 2 rings (SSSR count). The van der Waals surface area contributed by atoms with Crippen LogP contribution in [0.5, 0.6) is 0 Å². The van der Waals surface area contributed by atoms with Crippen molar-refractivity contribution in [3.05, 3.63) is 12.0 Å². The third kappa shape index (κ3) is 0.792. The molecule has 64 valence electrons. The fourth-order valence-corrected chi connectivity index (χ4v) is 1.28. The molecule has 1 unspecified atom stereocenters. The van der Waals surface area contributed by atoms with Crippen molar-refractivity contribution >= 4 is 11.7 Å². The fraction of sp³-hybridized carbons (Fsp3) is 0.429. The van der Waals surface area contributed by atoms with Crippen LogP contribution < -0.4 is 10.6 Å². The molecule has 0 amide bonds. The molecular weight excluding hydrogens is 154 g/mol. The zero-order valence-corrected chi connectivity index (χ0v) is 7.02. The van der Waals surface area contributed by atoms with Gasteiger partial charge in [0, 0.05) is 14.1 Å². The molecule has 0 bridgehead atoms. The van der Waals surface area contributed by atoms with Crippen LogP contribution in [0, 0.1) is 0 Å². The van der Waals surface area contributed by atoms with Gasteiger partial charge >= 0.3 is 0 Å². The number of nitrogens with zero attached hydrogens (tertiary/aromatic N) is 4. The van der Waals surface area contributed by atoms with E-state index in [0.717, 1.165) is 5.82 Å². The van der Waals surface area contributed by atoms with Crippen molar-refractivity contribution in [2.75, 3.05) is 18.6 Å². The highest BCUT2D eigenvalue weighted by Crippen LogP contribution is 2.19. The lowest BCUT2D eigenvalue weighted by Crippen LogP contribution is -2.30. The fourth-order valence-electron chi connectivity index (χ4n) is 1.28. The number of hydrogen-bond donors (Lipinski definition) is 1. The second-order valence-corrected chi connectivity index (χ2v) is 2.77. The monoisotopic (exact) mass is 166 g/mol. The molecule has 1 atom stereocenters. The zero-order chi connectivity index (χ0) is 9.59. The number of hydrogen-bond acceptors (Lipinski definition) is 4. The maximum Gasteiger partial charge on any atom is 0.150 e. The van der Waals surface area contributed by atoms with Crippen molar-refractivity contribution < 1.29 is 1.37 Å². The van der Waals surface area contributed by atoms with Gasteiger partial charge in [0.1, 0.15) is 24.0 Å². The van der Waals surface area contributed by atoms with Crippen LogP contribution in [-0.2, 0) is 7.05 Å². The highest BCUT2D eigenvalue weighted by Gasteiger charge is 2.19. The number of aliphatic imine (C=N–C) groups is 1. The molecule has 0 fully saturated rings. The molecule has 0 saturated carbocycles. The van der Waals surface area contributed by atoms with E-state index in [9.17, 15) is 0 Å². The minimum absolute atomic E-state index is 0.341. The summed E-state index contributed by atoms with van der Waals surface area (Å²) in [6.45, 7) is -0.664. The van der Waals surface area contributed by atoms with Gasteiger partial charge in [0.25, 0.3) is 0 Å². The number of rotatable bonds is 0. The number of imidazole rings is 1. The lowest BCUT2D eigenvalue weighted by Gasteiger charge is -2.22. The molecule has 0 saturated heterocycles. The van der Waals surface area contributed by atoms with Gasteiger partial charge in [-0.05, 0) is 0 Å². The molecule has 0 aliphatic carbocycles. The second-order valence-electron chi connectivity index (χ2n) is 2.77. The third-order valence-corrected chi connectivity index (χ3v) is 1.85. The predicted molar refractivity (Wildman–Crippen MR) is 47.2 cm³/mol. The van der Waals surface area contributed by atoms with Gasteiger partial charge < -0.3 is 15.2 Å². The van der Waals surface area contributed by atoms with Gasteiger partial charge in [-0.1, -0.05) is 0 Å². The zero-order valence-electron chi connectivity index (χ0n) is 8.02. The van der Waals surface area contributed by atoms with Gasteiger partial charge in [-0.3, -0.25) is 0 Å². The number of fused-ring (bicyclic) bond motifs is 1. The third-order valence-electron chi connectivity index (χ3n) is 1.85. The number of aromatic nitrogens is 2. The van der Waals surface area contributed by atoms with E-state index in [4.69, 9.17) is 7.10 Å². The molecule has 2 N–H and O–H groups in total. The van der Waals surface area contributed by atoms with E-state index in [0.29, 0.717) is 11.5 Å². The molecule has 12 heavy (non-hydrogen) atoms. The van der Waals surface area contributed by atoms with Crippen LogP contribution in [-0.4, -0.2) is 29.1 Å². The van der Waals surface area contributed by atoms with E-state index < -0.39 is 6.64 Å². The minimum Gasteiger partial charge on any atom is -0.382 e. The quantitative estimate of drug-likeness (QED) is 0.567. The smallest absolute Gasteiger partial charge is 0.150 e. The summed E-state index contributed by atoms with van der Waals surface area (Å²) in [7, 11) is 3.67. The Labute approximate surface area is 71.9 Å². The largest absolute Gasteiger partial charge is 0.382 e. The SMILES string of the molecule is [2H]C1N=C(N)c2ncn(C)c2N1C. The van der Waals surface area contributed by atoms with Crippen LogP contribution in [0.3, 0.4) is 0 Å². The van der Waals surface area contributed by atoms with Gasteiger partial charge in [-0.25, -0.2) is 9.98 Å². The van der Waals surface area contributed by atoms with E-state index in [-0.39, 0.29) is 0 Å². The molecule has 2 heterocycles. The first-order valence-electron chi connectivity index (χ1n) is 4.19. The Morgan fingerprint density at radius 1 is 1.67 bits per heavy atom. The molecule has 5 heteroatoms. The Kier molecular flexibility index (Phi) is 1.12. The average Bonchev–Trinajstić information content (AvgIpc) is 2.44. The Morgan fingerprint density at radius 2 is 2.42 bits per heavy atom. The van der Waals surface area contributed by atoms with Crippen LogP contribution in [0.15, 0.2) is 11.3 Å². The molecular formula is C7H11N5. The summed E-state index contributed by atoms with van der Waals surface area (Å²) >= 11 is 0. The van der Waals surface area contributed by atoms with Crippen molar-refractivity contribution in [1.29, 1.82) is 0 Å². The summed E-state index contributed by atoms with van der Waals surface area (Å²) in [5.41, 5.74) is 6.30. The predicted octanol–water partition coefficient (Wildman–Crippen LogP) is -0.467. The first-order chi connectivity index (χ1) is 6.11. The van der Waals surface area contributed by atoms with Gasteiger partial charge in [-0.2, -0.15) is 0 Å². The topological polar surface area (TPSA) is 59.4 Å². The lowest BCUT2D eigenvalue weighted by atomic mass is 10.3. The molecule has 0 radical (unpaired) electrons. The maximum atomic E-state index is 7.59. The highest BCUT2D eigenvalue weighted by atomic mass is 15.3. The molecule has 0 spiro atoms. The first kappa shape index (κ1) is 6.05. The normalized spacial score (nSPS) is 23.2. The highest BCUT2D eigenvalue weighted by molar-refractivity contribution is 6.01. The van der Waals surface area contributed by atoms with Crippen molar-refractivity contribution in [1.82, 2.24) is 9.55 Å². The van der Waals surface area contributed by atoms with E-state index in [1.165, 1.54) is 0 Å². The van der Waals surface area contributed by atoms with Crippen molar-refractivity contribution in [2.24, 2.45) is 17.8 Å². The Morgan fingerprint density at radius 3 is 3.17 bits per heavy atom. The van der Waals surface area contributed by atoms with E-state index in [1.54, 1.807) is 18.3 Å². The molecule has 1 aromatic heterocycles. The van der Waals surface area contributed by atoms with Crippen LogP contribution in [0.1, 0.15) is 7.06 Å². The van der Waals surface area contributed by atoms with Crippen LogP contribution in [0.25, 0.3) is 0 Å². The Hall–Kier alpha value is -1.52. The summed E-state index contributed by atoms with van der Waals surface area (Å²) in [4.78, 5) is 9.75. The Balaban J connectivity index is 2.61. The van der Waals surface area contributed by atoms with Crippen LogP contribution in [0.2, 0.25) is 0 Å². The molecule has 1 aliphatic heterocycles. The first-order valence-corrected chi connectivity index (χ1v) is 3.61. The molecule has 1 aromatic rings. The number of amidine groups is 1. The lowest BCUT2D eigenvalue weighted by molar-refractivity contribution is 0.821. The molecule has 5 nitrogen and oxygen atoms in total. The van der Waals surface area contributed by atoms with Gasteiger partial charge in [0.05, 0.1) is 7.70 Å². The van der Waals surface area contributed by atoms with E-state index in [2.05, 4.69) is 9.98 Å². The maximum absolute atomic E-state index is 7.59. The standard InChI is InChI=1S/C7H11N5/c1-11-3-9-5-6(8)10-4-12(2)7(5)11/h3H,4H2,1-2H3,(H2,8,10)/i4D. The summed E-state index contributed by atoms with van der Waals surface area (Å²) in [5, 5.41) is 0. The van der Waals surface area contributed by atoms with E-state index in [1.807, 2.05) is 11.6 Å². The van der Waals surface area contributed by atoms with Crippen molar-refractivity contribution in [3.63, 3.8) is 0 Å².